The van der Waals surface area contributed by atoms with Crippen molar-refractivity contribution in [3.05, 3.63) is 10.8 Å². The Morgan fingerprint density at radius 2 is 1.73 bits per heavy atom. The van der Waals surface area contributed by atoms with E-state index in [0.29, 0.717) is 26.2 Å². The van der Waals surface area contributed by atoms with Gasteiger partial charge in [0, 0.05) is 32.7 Å². The van der Waals surface area contributed by atoms with Gasteiger partial charge in [-0.1, -0.05) is 11.0 Å². The van der Waals surface area contributed by atoms with Crippen LogP contribution < -0.4 is 0 Å². The van der Waals surface area contributed by atoms with Gasteiger partial charge in [-0.15, -0.1) is 11.6 Å². The average Bonchev–Trinajstić information content (AvgIpc) is 2.16. The number of rotatable bonds is 2. The van der Waals surface area contributed by atoms with Gasteiger partial charge < -0.3 is 25.6 Å². The topological polar surface area (TPSA) is 71.3 Å². The first-order valence-corrected chi connectivity index (χ1v) is 4.85. The molecule has 0 aromatic heterocycles. The van der Waals surface area contributed by atoms with Gasteiger partial charge in [0.25, 0.3) is 0 Å². The predicted molar refractivity (Wildman–Crippen MR) is 59.6 cm³/mol. The minimum atomic E-state index is -0.588. The second kappa shape index (κ2) is 6.96. The van der Waals surface area contributed by atoms with Crippen LogP contribution in [0, 0.1) is 0 Å². The molecule has 0 aromatic rings. The summed E-state index contributed by atoms with van der Waals surface area (Å²) in [5.74, 6) is -0.295. The van der Waals surface area contributed by atoms with Gasteiger partial charge in [0.2, 0.25) is 0 Å². The molecule has 0 saturated carbocycles. The predicted octanol–water partition coefficient (Wildman–Crippen LogP) is -0.114. The molecule has 1 radical (unpaired) electrons. The number of hydrogen-bond acceptors (Lipinski definition) is 2. The minimum absolute atomic E-state index is 0. The first-order chi connectivity index (χ1) is 6.52. The van der Waals surface area contributed by atoms with E-state index in [2.05, 4.69) is 0 Å². The average molecular weight is 303 g/mol. The fourth-order valence-electron chi connectivity index (χ4n) is 1.44. The molecule has 8 heteroatoms. The molecule has 1 heterocycles. The van der Waals surface area contributed by atoms with Crippen LogP contribution in [-0.2, 0) is 32.7 Å². The number of piperazine rings is 1. The summed E-state index contributed by atoms with van der Waals surface area (Å²) in [6.45, 7) is 4.03. The van der Waals surface area contributed by atoms with Crippen molar-refractivity contribution in [1.82, 2.24) is 9.71 Å². The molecule has 0 bridgehead atoms. The molecule has 1 aliphatic rings. The van der Waals surface area contributed by atoms with Crippen molar-refractivity contribution in [2.45, 2.75) is 6.82 Å². The van der Waals surface area contributed by atoms with Gasteiger partial charge in [0.05, 0.1) is 0 Å². The molecule has 1 saturated heterocycles. The van der Waals surface area contributed by atoms with E-state index in [-0.39, 0.29) is 38.5 Å². The first-order valence-electron chi connectivity index (χ1n) is 4.47. The Morgan fingerprint density at radius 1 is 1.27 bits per heavy atom. The summed E-state index contributed by atoms with van der Waals surface area (Å²) in [4.78, 5) is 3.44. The van der Waals surface area contributed by atoms with Crippen LogP contribution >= 0.6 is 11.6 Å². The van der Waals surface area contributed by atoms with Crippen LogP contribution in [0.4, 0.5) is 0 Å². The minimum Gasteiger partial charge on any atom is -0.794 e. The molecule has 0 aromatic carbocycles. The van der Waals surface area contributed by atoms with Crippen LogP contribution in [0.5, 0.6) is 0 Å². The molecule has 1 aliphatic heterocycles. The largest absolute Gasteiger partial charge is 0.794 e. The summed E-state index contributed by atoms with van der Waals surface area (Å²) in [6, 6.07) is 0. The molecule has 0 spiro atoms. The molecule has 81 valence electrons. The molecule has 0 aliphatic carbocycles. The third kappa shape index (κ3) is 4.49. The van der Waals surface area contributed by atoms with Crippen LogP contribution in [-0.4, -0.2) is 59.0 Å². The third-order valence-corrected chi connectivity index (χ3v) is 2.50. The van der Waals surface area contributed by atoms with Crippen LogP contribution in [0.1, 0.15) is 0 Å². The standard InChI is InChI=1S/C7H12BClN4O.Y/c1-8(14)13-4-2-12(3-5-13)7(11)6(9)10;/h14H,2-5H2,1H3;/q-2;. The zero-order valence-electron chi connectivity index (χ0n) is 8.60. The smallest absolute Gasteiger partial charge is 0.376 e. The van der Waals surface area contributed by atoms with Crippen molar-refractivity contribution in [2.24, 2.45) is 0 Å². The van der Waals surface area contributed by atoms with Gasteiger partial charge in [0.1, 0.15) is 0 Å². The quantitative estimate of drug-likeness (QED) is 0.439. The number of halogens is 1. The maximum Gasteiger partial charge on any atom is 0.376 e. The molecule has 1 N–H and O–H groups in total. The summed E-state index contributed by atoms with van der Waals surface area (Å²) in [5.41, 5.74) is 0. The maximum atomic E-state index is 9.32. The van der Waals surface area contributed by atoms with Crippen LogP contribution in [0.25, 0.3) is 10.8 Å². The molecule has 0 amide bonds. The third-order valence-electron chi connectivity index (χ3n) is 2.33. The van der Waals surface area contributed by atoms with Gasteiger partial charge in [0.15, 0.2) is 0 Å². The maximum absolute atomic E-state index is 9.32. The summed E-state index contributed by atoms with van der Waals surface area (Å²) in [6.07, 6.45) is 0. The van der Waals surface area contributed by atoms with Crippen molar-refractivity contribution < 1.29 is 37.7 Å². The van der Waals surface area contributed by atoms with Gasteiger partial charge in [-0.3, -0.25) is 0 Å². The van der Waals surface area contributed by atoms with Crippen LogP contribution in [0.2, 0.25) is 6.82 Å². The Morgan fingerprint density at radius 3 is 2.07 bits per heavy atom. The first kappa shape index (κ1) is 15.5. The molecule has 0 unspecified atom stereocenters. The van der Waals surface area contributed by atoms with E-state index < -0.39 is 12.2 Å². The van der Waals surface area contributed by atoms with Crippen molar-refractivity contribution in [2.75, 3.05) is 26.2 Å². The zero-order valence-corrected chi connectivity index (χ0v) is 12.2. The van der Waals surface area contributed by atoms with E-state index in [4.69, 9.17) is 17.0 Å². The number of hydrogen-bond donors (Lipinski definition) is 1. The van der Waals surface area contributed by atoms with E-state index in [0.717, 1.165) is 0 Å². The second-order valence-corrected chi connectivity index (χ2v) is 3.63. The van der Waals surface area contributed by atoms with Gasteiger partial charge in [-0.05, 0) is 33.0 Å². The monoisotopic (exact) mass is 303 g/mol. The number of nitrogens with zero attached hydrogens (tertiary/aromatic N) is 4. The summed E-state index contributed by atoms with van der Waals surface area (Å²) < 4.78 is 0. The van der Waals surface area contributed by atoms with E-state index in [1.165, 1.54) is 0 Å². The molecular weight excluding hydrogens is 291 g/mol. The molecule has 0 atom stereocenters. The van der Waals surface area contributed by atoms with E-state index in [9.17, 15) is 10.4 Å². The normalized spacial score (nSPS) is 16.9. The Bertz CT molecular complexity index is 245. The van der Waals surface area contributed by atoms with E-state index in [1.807, 2.05) is 4.81 Å². The van der Waals surface area contributed by atoms with E-state index in [1.54, 1.807) is 11.7 Å². The van der Waals surface area contributed by atoms with E-state index >= 15 is 0 Å². The SMILES string of the molecule is CB(O)N1CCN(C(=[N-])C(=[N-])Cl)CC1.[Y]. The Balaban J connectivity index is 0.00000196. The molecule has 5 nitrogen and oxygen atoms in total. The Hall–Kier alpha value is 0.519. The van der Waals surface area contributed by atoms with Crippen molar-refractivity contribution in [3.63, 3.8) is 0 Å². The van der Waals surface area contributed by atoms with Gasteiger partial charge in [-0.2, -0.15) is 0 Å². The summed E-state index contributed by atoms with van der Waals surface area (Å²) >= 11 is 5.24. The Labute approximate surface area is 120 Å². The molecule has 1 rings (SSSR count). The van der Waals surface area contributed by atoms with Crippen LogP contribution in [0.15, 0.2) is 0 Å². The van der Waals surface area contributed by atoms with Crippen molar-refractivity contribution in [3.8, 4) is 0 Å². The fraction of sp³-hybridized carbons (Fsp3) is 0.714. The summed E-state index contributed by atoms with van der Waals surface area (Å²) in [5, 5.41) is 26.8. The van der Waals surface area contributed by atoms with Crippen molar-refractivity contribution >= 4 is 29.7 Å². The fourth-order valence-corrected chi connectivity index (χ4v) is 1.56. The van der Waals surface area contributed by atoms with Gasteiger partial charge >= 0.3 is 7.05 Å². The Kier molecular flexibility index (Phi) is 7.21. The second-order valence-electron chi connectivity index (χ2n) is 3.27. The van der Waals surface area contributed by atoms with Gasteiger partial charge in [-0.25, -0.2) is 0 Å². The van der Waals surface area contributed by atoms with Crippen LogP contribution in [0.3, 0.4) is 0 Å². The summed E-state index contributed by atoms with van der Waals surface area (Å²) in [7, 11) is -0.479. The van der Waals surface area contributed by atoms with Crippen molar-refractivity contribution in [1.29, 1.82) is 0 Å². The number of amidine groups is 1. The molecule has 15 heavy (non-hydrogen) atoms. The molecule has 1 fully saturated rings. The molecular formula is C7H12BClN4OY-2. The zero-order chi connectivity index (χ0) is 10.7.